The van der Waals surface area contributed by atoms with E-state index in [0.29, 0.717) is 4.48 Å². The number of hydrogen-bond acceptors (Lipinski definition) is 1. The summed E-state index contributed by atoms with van der Waals surface area (Å²) in [5.74, 6) is -0.691. The fourth-order valence-corrected chi connectivity index (χ4v) is 1.60. The van der Waals surface area contributed by atoms with Gasteiger partial charge in [0.05, 0.1) is 48.8 Å². The van der Waals surface area contributed by atoms with Gasteiger partial charge in [-0.25, -0.2) is 4.79 Å². The van der Waals surface area contributed by atoms with Crippen LogP contribution < -0.4 is 0 Å². The molecule has 1 N–H and O–H groups in total. The van der Waals surface area contributed by atoms with Gasteiger partial charge in [0.15, 0.2) is 6.04 Å². The van der Waals surface area contributed by atoms with Crippen LogP contribution in [0.4, 0.5) is 0 Å². The van der Waals surface area contributed by atoms with Gasteiger partial charge in [0, 0.05) is 12.8 Å². The predicted molar refractivity (Wildman–Crippen MR) is 61.6 cm³/mol. The second-order valence-corrected chi connectivity index (χ2v) is 6.13. The number of carboxylic acids is 1. The zero-order valence-corrected chi connectivity index (χ0v) is 10.9. The lowest BCUT2D eigenvalue weighted by Crippen LogP contribution is -2.50. The van der Waals surface area contributed by atoms with Crippen LogP contribution in [0.15, 0.2) is 0 Å². The minimum Gasteiger partial charge on any atom is -0.477 e. The molecule has 0 aromatic rings. The third kappa shape index (κ3) is 6.47. The van der Waals surface area contributed by atoms with Gasteiger partial charge in [0.25, 0.3) is 0 Å². The second kappa shape index (κ2) is 4.94. The lowest BCUT2D eigenvalue weighted by molar-refractivity contribution is -0.890. The first kappa shape index (κ1) is 14.4. The average molecular weight is 218 g/mol. The summed E-state index contributed by atoms with van der Waals surface area (Å²) in [5.41, 5.74) is 0. The van der Waals surface area contributed by atoms with E-state index in [1.807, 2.05) is 21.1 Å². The van der Waals surface area contributed by atoms with Crippen molar-refractivity contribution in [1.82, 2.24) is 0 Å². The van der Waals surface area contributed by atoms with Crippen LogP contribution in [0.5, 0.6) is 0 Å². The molecule has 0 fully saturated rings. The molecule has 0 bridgehead atoms. The first-order valence-electron chi connectivity index (χ1n) is 5.38. The number of nitrogens with zero attached hydrogens (tertiary/aromatic N) is 2. The summed E-state index contributed by atoms with van der Waals surface area (Å²) < 4.78 is 1.38. The van der Waals surface area contributed by atoms with Gasteiger partial charge >= 0.3 is 5.97 Å². The molecular weight excluding hydrogens is 192 g/mol. The van der Waals surface area contributed by atoms with E-state index in [9.17, 15) is 4.79 Å². The van der Waals surface area contributed by atoms with Crippen LogP contribution in [0.1, 0.15) is 12.8 Å². The molecule has 4 nitrogen and oxygen atoms in total. The van der Waals surface area contributed by atoms with Crippen LogP contribution in [-0.2, 0) is 4.79 Å². The van der Waals surface area contributed by atoms with Crippen molar-refractivity contribution in [3.05, 3.63) is 0 Å². The minimum atomic E-state index is -0.691. The zero-order valence-electron chi connectivity index (χ0n) is 10.9. The molecule has 0 heterocycles. The SMILES string of the molecule is C[N+](C)(C)CCC[C@@H](C(=O)O)[N+](C)(C)C. The van der Waals surface area contributed by atoms with E-state index in [1.54, 1.807) is 0 Å². The highest BCUT2D eigenvalue weighted by Gasteiger charge is 2.31. The molecule has 15 heavy (non-hydrogen) atoms. The fourth-order valence-electron chi connectivity index (χ4n) is 1.60. The van der Waals surface area contributed by atoms with Crippen LogP contribution in [-0.4, -0.2) is 74.9 Å². The molecule has 0 amide bonds. The fraction of sp³-hybridized carbons (Fsp3) is 0.909. The molecule has 0 rings (SSSR count). The molecular formula is C11H26N2O2+2. The Bertz CT molecular complexity index is 214. The van der Waals surface area contributed by atoms with Gasteiger partial charge in [-0.15, -0.1) is 0 Å². The summed E-state index contributed by atoms with van der Waals surface area (Å²) in [6, 6.07) is -0.295. The average Bonchev–Trinajstić information content (AvgIpc) is 1.92. The first-order chi connectivity index (χ1) is 6.54. The topological polar surface area (TPSA) is 37.3 Å². The minimum absolute atomic E-state index is 0.295. The maximum atomic E-state index is 11.1. The van der Waals surface area contributed by atoms with Gasteiger partial charge in [0.1, 0.15) is 0 Å². The van der Waals surface area contributed by atoms with Crippen LogP contribution >= 0.6 is 0 Å². The van der Waals surface area contributed by atoms with E-state index in [4.69, 9.17) is 5.11 Å². The molecule has 0 radical (unpaired) electrons. The summed E-state index contributed by atoms with van der Waals surface area (Å²) in [4.78, 5) is 11.1. The second-order valence-electron chi connectivity index (χ2n) is 6.13. The Labute approximate surface area is 93.3 Å². The number of carboxylic acid groups (broad SMARTS) is 1. The Morgan fingerprint density at radius 2 is 1.60 bits per heavy atom. The van der Waals surface area contributed by atoms with Crippen molar-refractivity contribution in [2.24, 2.45) is 0 Å². The highest BCUT2D eigenvalue weighted by molar-refractivity contribution is 5.72. The molecule has 0 spiro atoms. The third-order valence-corrected chi connectivity index (χ3v) is 2.53. The summed E-state index contributed by atoms with van der Waals surface area (Å²) in [7, 11) is 12.2. The van der Waals surface area contributed by atoms with E-state index < -0.39 is 5.97 Å². The van der Waals surface area contributed by atoms with Crippen molar-refractivity contribution in [3.63, 3.8) is 0 Å². The number of rotatable bonds is 6. The molecule has 0 saturated carbocycles. The third-order valence-electron chi connectivity index (χ3n) is 2.53. The Balaban J connectivity index is 4.17. The van der Waals surface area contributed by atoms with E-state index in [2.05, 4.69) is 21.1 Å². The molecule has 0 aliphatic carbocycles. The van der Waals surface area contributed by atoms with Gasteiger partial charge in [-0.05, 0) is 0 Å². The summed E-state index contributed by atoms with van der Waals surface area (Å²) in [6.07, 6.45) is 1.70. The van der Waals surface area contributed by atoms with Gasteiger partial charge in [-0.3, -0.25) is 0 Å². The van der Waals surface area contributed by atoms with Gasteiger partial charge in [0.2, 0.25) is 0 Å². The zero-order chi connectivity index (χ0) is 12.3. The Morgan fingerprint density at radius 1 is 1.13 bits per heavy atom. The van der Waals surface area contributed by atoms with Gasteiger partial charge in [-0.1, -0.05) is 0 Å². The highest BCUT2D eigenvalue weighted by Crippen LogP contribution is 2.11. The van der Waals surface area contributed by atoms with E-state index in [1.165, 1.54) is 0 Å². The largest absolute Gasteiger partial charge is 0.477 e. The molecule has 0 aliphatic heterocycles. The molecule has 0 aromatic carbocycles. The highest BCUT2D eigenvalue weighted by atomic mass is 16.4. The maximum absolute atomic E-state index is 11.1. The lowest BCUT2D eigenvalue weighted by atomic mass is 10.1. The maximum Gasteiger partial charge on any atom is 0.362 e. The van der Waals surface area contributed by atoms with E-state index in [-0.39, 0.29) is 6.04 Å². The van der Waals surface area contributed by atoms with Crippen molar-refractivity contribution in [2.45, 2.75) is 18.9 Å². The first-order valence-corrected chi connectivity index (χ1v) is 5.38. The Hall–Kier alpha value is -0.610. The predicted octanol–water partition coefficient (Wildman–Crippen LogP) is 0.632. The van der Waals surface area contributed by atoms with Crippen molar-refractivity contribution >= 4 is 5.97 Å². The van der Waals surface area contributed by atoms with Crippen molar-refractivity contribution in [3.8, 4) is 0 Å². The Morgan fingerprint density at radius 3 is 1.87 bits per heavy atom. The smallest absolute Gasteiger partial charge is 0.362 e. The number of aliphatic carboxylic acids is 1. The van der Waals surface area contributed by atoms with Crippen LogP contribution in [0.25, 0.3) is 0 Å². The molecule has 0 aromatic heterocycles. The van der Waals surface area contributed by atoms with Crippen LogP contribution in [0, 0.1) is 0 Å². The normalized spacial score (nSPS) is 15.1. The molecule has 0 saturated heterocycles. The van der Waals surface area contributed by atoms with Gasteiger partial charge in [-0.2, -0.15) is 0 Å². The van der Waals surface area contributed by atoms with Gasteiger partial charge < -0.3 is 14.1 Å². The number of carbonyl (C=O) groups is 1. The quantitative estimate of drug-likeness (QED) is 0.664. The number of quaternary nitrogens is 2. The summed E-state index contributed by atoms with van der Waals surface area (Å²) >= 11 is 0. The molecule has 4 heteroatoms. The lowest BCUT2D eigenvalue weighted by Gasteiger charge is -2.32. The summed E-state index contributed by atoms with van der Waals surface area (Å²) in [5, 5.41) is 9.12. The van der Waals surface area contributed by atoms with Crippen molar-refractivity contribution in [1.29, 1.82) is 0 Å². The summed E-state index contributed by atoms with van der Waals surface area (Å²) in [6.45, 7) is 1.02. The van der Waals surface area contributed by atoms with E-state index >= 15 is 0 Å². The van der Waals surface area contributed by atoms with E-state index in [0.717, 1.165) is 23.9 Å². The van der Waals surface area contributed by atoms with Crippen molar-refractivity contribution in [2.75, 3.05) is 48.8 Å². The van der Waals surface area contributed by atoms with Crippen LogP contribution in [0.3, 0.4) is 0 Å². The number of likely N-dealkylation sites (N-methyl/N-ethyl adjacent to an activating group) is 1. The van der Waals surface area contributed by atoms with Crippen LogP contribution in [0.2, 0.25) is 0 Å². The monoisotopic (exact) mass is 218 g/mol. The number of hydrogen-bond donors (Lipinski definition) is 1. The standard InChI is InChI=1S/C11H25N2O2/c1-12(2,3)9-7-8-10(11(14)15)13(4,5)6/h10H,7-9H2,1-6H3/q+1/p+1/t10-/m0/s1. The molecule has 0 aliphatic rings. The molecule has 0 unspecified atom stereocenters. The molecule has 1 atom stereocenters. The molecule has 90 valence electrons. The Kier molecular flexibility index (Phi) is 4.74. The van der Waals surface area contributed by atoms with Crippen molar-refractivity contribution < 1.29 is 18.9 Å².